The van der Waals surface area contributed by atoms with E-state index in [0.717, 1.165) is 50.8 Å². The summed E-state index contributed by atoms with van der Waals surface area (Å²) in [6, 6.07) is 4.66. The van der Waals surface area contributed by atoms with Crippen LogP contribution in [0.5, 0.6) is 0 Å². The molecule has 2 aliphatic heterocycles. The normalized spacial score (nSPS) is 24.9. The summed E-state index contributed by atoms with van der Waals surface area (Å²) in [6.45, 7) is 5.98. The van der Waals surface area contributed by atoms with Crippen LogP contribution in [0.25, 0.3) is 0 Å². The second-order valence-corrected chi connectivity index (χ2v) is 5.42. The summed E-state index contributed by atoms with van der Waals surface area (Å²) in [5.41, 5.74) is 1.13. The number of nitrogens with zero attached hydrogens (tertiary/aromatic N) is 3. The van der Waals surface area contributed by atoms with E-state index in [1.54, 1.807) is 0 Å². The highest BCUT2D eigenvalue weighted by atomic mass is 35.5. The molecule has 1 aromatic rings. The molecule has 0 aromatic carbocycles. The largest absolute Gasteiger partial charge is 0.379 e. The maximum Gasteiger partial charge on any atom is 0.132 e. The van der Waals surface area contributed by atoms with Crippen molar-refractivity contribution in [1.82, 2.24) is 9.88 Å². The van der Waals surface area contributed by atoms with Crippen LogP contribution in [0.15, 0.2) is 18.3 Å². The van der Waals surface area contributed by atoms with Crippen molar-refractivity contribution in [3.63, 3.8) is 0 Å². The first-order valence-electron chi connectivity index (χ1n) is 6.95. The molecule has 2 fully saturated rings. The Balaban J connectivity index is 1.67. The van der Waals surface area contributed by atoms with Gasteiger partial charge in [0.05, 0.1) is 19.1 Å². The van der Waals surface area contributed by atoms with Crippen molar-refractivity contribution in [2.24, 2.45) is 0 Å². The van der Waals surface area contributed by atoms with Gasteiger partial charge in [-0.2, -0.15) is 0 Å². The number of hydrogen-bond donors (Lipinski definition) is 0. The monoisotopic (exact) mass is 281 g/mol. The lowest BCUT2D eigenvalue weighted by Crippen LogP contribution is -2.44. The Bertz CT molecular complexity index is 423. The maximum atomic E-state index is 6.00. The van der Waals surface area contributed by atoms with Gasteiger partial charge in [-0.25, -0.2) is 4.98 Å². The average molecular weight is 282 g/mol. The zero-order chi connectivity index (χ0) is 13.1. The topological polar surface area (TPSA) is 28.6 Å². The maximum absolute atomic E-state index is 6.00. The van der Waals surface area contributed by atoms with Crippen LogP contribution < -0.4 is 4.90 Å². The van der Waals surface area contributed by atoms with Crippen LogP contribution in [0.1, 0.15) is 12.0 Å². The molecule has 0 radical (unpaired) electrons. The summed E-state index contributed by atoms with van der Waals surface area (Å²) in [5.74, 6) is 1.59. The van der Waals surface area contributed by atoms with Crippen LogP contribution in [0, 0.1) is 0 Å². The van der Waals surface area contributed by atoms with Gasteiger partial charge in [0.2, 0.25) is 0 Å². The van der Waals surface area contributed by atoms with Crippen LogP contribution in [-0.2, 0) is 10.6 Å². The van der Waals surface area contributed by atoms with E-state index in [1.165, 1.54) is 6.42 Å². The predicted octanol–water partition coefficient (Wildman–Crippen LogP) is 1.73. The quantitative estimate of drug-likeness (QED) is 0.789. The van der Waals surface area contributed by atoms with Gasteiger partial charge in [-0.15, -0.1) is 11.6 Å². The predicted molar refractivity (Wildman–Crippen MR) is 76.8 cm³/mol. The van der Waals surface area contributed by atoms with Crippen LogP contribution in [0.3, 0.4) is 0 Å². The van der Waals surface area contributed by atoms with Crippen molar-refractivity contribution in [2.45, 2.75) is 18.3 Å². The lowest BCUT2D eigenvalue weighted by Gasteiger charge is -2.32. The molecular formula is C14H20ClN3O. The Hall–Kier alpha value is -0.840. The van der Waals surface area contributed by atoms with Gasteiger partial charge < -0.3 is 9.64 Å². The average Bonchev–Trinajstić information content (AvgIpc) is 2.98. The summed E-state index contributed by atoms with van der Waals surface area (Å²) < 4.78 is 5.42. The van der Waals surface area contributed by atoms with Gasteiger partial charge in [-0.3, -0.25) is 4.90 Å². The standard InChI is InChI=1S/C14H20ClN3O/c15-10-12-2-1-4-16-14(12)18-5-3-13(11-18)17-6-8-19-9-7-17/h1-2,4,13H,3,5-11H2. The molecule has 1 unspecified atom stereocenters. The SMILES string of the molecule is ClCc1cccnc1N1CCC(N2CCOCC2)C1. The zero-order valence-electron chi connectivity index (χ0n) is 11.1. The molecule has 4 nitrogen and oxygen atoms in total. The third-order valence-electron chi connectivity index (χ3n) is 4.04. The Morgan fingerprint density at radius 1 is 1.32 bits per heavy atom. The fourth-order valence-electron chi connectivity index (χ4n) is 2.99. The highest BCUT2D eigenvalue weighted by Crippen LogP contribution is 2.25. The second kappa shape index (κ2) is 6.07. The molecule has 3 heterocycles. The Kier molecular flexibility index (Phi) is 4.21. The van der Waals surface area contributed by atoms with Gasteiger partial charge in [0.15, 0.2) is 0 Å². The van der Waals surface area contributed by atoms with Gasteiger partial charge >= 0.3 is 0 Å². The van der Waals surface area contributed by atoms with E-state index >= 15 is 0 Å². The van der Waals surface area contributed by atoms with E-state index < -0.39 is 0 Å². The van der Waals surface area contributed by atoms with Gasteiger partial charge in [0, 0.05) is 44.0 Å². The molecule has 0 bridgehead atoms. The summed E-state index contributed by atoms with van der Waals surface area (Å²) in [7, 11) is 0. The van der Waals surface area contributed by atoms with Gasteiger partial charge in [-0.05, 0) is 12.5 Å². The van der Waals surface area contributed by atoms with Crippen molar-refractivity contribution in [3.8, 4) is 0 Å². The Labute approximate surface area is 119 Å². The third kappa shape index (κ3) is 2.86. The van der Waals surface area contributed by atoms with E-state index in [4.69, 9.17) is 16.3 Å². The second-order valence-electron chi connectivity index (χ2n) is 5.16. The van der Waals surface area contributed by atoms with Crippen LogP contribution in [-0.4, -0.2) is 55.3 Å². The Morgan fingerprint density at radius 2 is 2.16 bits per heavy atom. The van der Waals surface area contributed by atoms with Crippen LogP contribution in [0.2, 0.25) is 0 Å². The van der Waals surface area contributed by atoms with E-state index in [0.29, 0.717) is 11.9 Å². The zero-order valence-corrected chi connectivity index (χ0v) is 11.9. The van der Waals surface area contributed by atoms with Gasteiger partial charge in [0.1, 0.15) is 5.82 Å². The molecule has 2 aliphatic rings. The summed E-state index contributed by atoms with van der Waals surface area (Å²) in [6.07, 6.45) is 3.06. The molecular weight excluding hydrogens is 262 g/mol. The molecule has 0 saturated carbocycles. The lowest BCUT2D eigenvalue weighted by molar-refractivity contribution is 0.0209. The molecule has 0 spiro atoms. The molecule has 0 amide bonds. The number of hydrogen-bond acceptors (Lipinski definition) is 4. The van der Waals surface area contributed by atoms with E-state index in [2.05, 4.69) is 20.9 Å². The van der Waals surface area contributed by atoms with E-state index in [-0.39, 0.29) is 0 Å². The Morgan fingerprint density at radius 3 is 2.95 bits per heavy atom. The highest BCUT2D eigenvalue weighted by Gasteiger charge is 2.29. The molecule has 1 atom stereocenters. The molecule has 0 aliphatic carbocycles. The molecule has 2 saturated heterocycles. The highest BCUT2D eigenvalue weighted by molar-refractivity contribution is 6.17. The lowest BCUT2D eigenvalue weighted by atomic mass is 10.2. The summed E-state index contributed by atoms with van der Waals surface area (Å²) >= 11 is 6.00. The van der Waals surface area contributed by atoms with Crippen LogP contribution in [0.4, 0.5) is 5.82 Å². The molecule has 19 heavy (non-hydrogen) atoms. The molecule has 0 N–H and O–H groups in total. The smallest absolute Gasteiger partial charge is 0.132 e. The minimum absolute atomic E-state index is 0.530. The van der Waals surface area contributed by atoms with Crippen LogP contribution >= 0.6 is 11.6 Å². The number of aromatic nitrogens is 1. The van der Waals surface area contributed by atoms with E-state index in [1.807, 2.05) is 12.3 Å². The van der Waals surface area contributed by atoms with Crippen molar-refractivity contribution < 1.29 is 4.74 Å². The van der Waals surface area contributed by atoms with Gasteiger partial charge in [0.25, 0.3) is 0 Å². The van der Waals surface area contributed by atoms with Gasteiger partial charge in [-0.1, -0.05) is 6.07 Å². The molecule has 1 aromatic heterocycles. The summed E-state index contributed by atoms with van der Waals surface area (Å²) in [5, 5.41) is 0. The van der Waals surface area contributed by atoms with Crippen molar-refractivity contribution >= 4 is 17.4 Å². The number of morpholine rings is 1. The number of pyridine rings is 1. The van der Waals surface area contributed by atoms with Crippen molar-refractivity contribution in [1.29, 1.82) is 0 Å². The summed E-state index contributed by atoms with van der Waals surface area (Å²) in [4.78, 5) is 9.43. The number of alkyl halides is 1. The fourth-order valence-corrected chi connectivity index (χ4v) is 3.20. The minimum Gasteiger partial charge on any atom is -0.379 e. The van der Waals surface area contributed by atoms with Crippen molar-refractivity contribution in [2.75, 3.05) is 44.3 Å². The third-order valence-corrected chi connectivity index (χ3v) is 4.32. The minimum atomic E-state index is 0.530. The first-order valence-corrected chi connectivity index (χ1v) is 7.48. The number of anilines is 1. The fraction of sp³-hybridized carbons (Fsp3) is 0.643. The van der Waals surface area contributed by atoms with E-state index in [9.17, 15) is 0 Å². The number of halogens is 1. The first kappa shape index (κ1) is 13.2. The van der Waals surface area contributed by atoms with Crippen molar-refractivity contribution in [3.05, 3.63) is 23.9 Å². The first-order chi connectivity index (χ1) is 9.38. The molecule has 5 heteroatoms. The molecule has 104 valence electrons. The number of ether oxygens (including phenoxy) is 1. The number of rotatable bonds is 3. The molecule has 3 rings (SSSR count).